The summed E-state index contributed by atoms with van der Waals surface area (Å²) in [6.45, 7) is 5.18. The summed E-state index contributed by atoms with van der Waals surface area (Å²) in [5.41, 5.74) is 8.68. The maximum absolute atomic E-state index is 12.0. The van der Waals surface area contributed by atoms with E-state index in [1.165, 1.54) is 5.56 Å². The van der Waals surface area contributed by atoms with Crippen LogP contribution >= 0.6 is 0 Å². The van der Waals surface area contributed by atoms with Gasteiger partial charge in [-0.15, -0.1) is 0 Å². The van der Waals surface area contributed by atoms with E-state index < -0.39 is 0 Å². The summed E-state index contributed by atoms with van der Waals surface area (Å²) < 4.78 is 5.08. The number of benzene rings is 2. The largest absolute Gasteiger partial charge is 0.497 e. The number of ether oxygens (including phenoxy) is 1. The first-order valence-electron chi connectivity index (χ1n) is 9.12. The van der Waals surface area contributed by atoms with Crippen LogP contribution in [0, 0.1) is 0 Å². The Bertz CT molecular complexity index is 755. The standard InChI is InChI=1S/C21H28N4O2/c1-4-15(2)16-5-9-18(10-6-16)25-21(22)24-14-13-23-20(26)17-7-11-19(27-3)12-8-17/h5-12,15H,4,13-14H2,1-3H3,(H,23,26)(H3,22,24,25). The Morgan fingerprint density at radius 2 is 1.81 bits per heavy atom. The molecular weight excluding hydrogens is 340 g/mol. The molecule has 27 heavy (non-hydrogen) atoms. The molecule has 2 aromatic rings. The summed E-state index contributed by atoms with van der Waals surface area (Å²) in [6, 6.07) is 15.1. The van der Waals surface area contributed by atoms with E-state index in [1.807, 2.05) is 12.1 Å². The number of nitrogens with two attached hydrogens (primary N) is 1. The molecule has 0 aromatic heterocycles. The summed E-state index contributed by atoms with van der Waals surface area (Å²) in [5, 5.41) is 5.87. The van der Waals surface area contributed by atoms with E-state index in [1.54, 1.807) is 31.4 Å². The average Bonchev–Trinajstić information content (AvgIpc) is 2.71. The Morgan fingerprint density at radius 3 is 2.41 bits per heavy atom. The molecule has 0 aliphatic carbocycles. The minimum Gasteiger partial charge on any atom is -0.497 e. The molecule has 0 fully saturated rings. The molecule has 6 nitrogen and oxygen atoms in total. The molecule has 0 spiro atoms. The van der Waals surface area contributed by atoms with Crippen LogP contribution in [0.1, 0.15) is 42.1 Å². The zero-order valence-corrected chi connectivity index (χ0v) is 16.2. The van der Waals surface area contributed by atoms with Gasteiger partial charge in [-0.1, -0.05) is 26.0 Å². The van der Waals surface area contributed by atoms with Gasteiger partial charge in [0.25, 0.3) is 5.91 Å². The number of carbonyl (C=O) groups excluding carboxylic acids is 1. The highest BCUT2D eigenvalue weighted by molar-refractivity contribution is 5.94. The van der Waals surface area contributed by atoms with Crippen LogP contribution in [-0.2, 0) is 0 Å². The summed E-state index contributed by atoms with van der Waals surface area (Å²) in [4.78, 5) is 16.3. The number of methoxy groups -OCH3 is 1. The van der Waals surface area contributed by atoms with E-state index in [-0.39, 0.29) is 5.91 Å². The molecule has 0 heterocycles. The zero-order chi connectivity index (χ0) is 19.6. The van der Waals surface area contributed by atoms with Crippen LogP contribution in [0.15, 0.2) is 53.5 Å². The number of nitrogens with zero attached hydrogens (tertiary/aromatic N) is 1. The van der Waals surface area contributed by atoms with E-state index in [0.29, 0.717) is 36.3 Å². The van der Waals surface area contributed by atoms with Crippen molar-refractivity contribution in [3.8, 4) is 5.75 Å². The smallest absolute Gasteiger partial charge is 0.251 e. The number of carbonyl (C=O) groups is 1. The third-order valence-electron chi connectivity index (χ3n) is 4.40. The summed E-state index contributed by atoms with van der Waals surface area (Å²) in [5.74, 6) is 1.43. The summed E-state index contributed by atoms with van der Waals surface area (Å²) in [6.07, 6.45) is 1.11. The van der Waals surface area contributed by atoms with Gasteiger partial charge in [0, 0.05) is 17.8 Å². The Morgan fingerprint density at radius 1 is 1.15 bits per heavy atom. The van der Waals surface area contributed by atoms with Crippen molar-refractivity contribution in [1.82, 2.24) is 5.32 Å². The molecular formula is C21H28N4O2. The third kappa shape index (κ3) is 6.33. The lowest BCUT2D eigenvalue weighted by Gasteiger charge is -2.11. The fraction of sp³-hybridized carbons (Fsp3) is 0.333. The second-order valence-electron chi connectivity index (χ2n) is 6.31. The maximum Gasteiger partial charge on any atom is 0.251 e. The highest BCUT2D eigenvalue weighted by Gasteiger charge is 2.05. The van der Waals surface area contributed by atoms with Crippen molar-refractivity contribution < 1.29 is 9.53 Å². The molecule has 0 saturated heterocycles. The van der Waals surface area contributed by atoms with E-state index in [0.717, 1.165) is 12.1 Å². The molecule has 2 aromatic carbocycles. The first-order valence-corrected chi connectivity index (χ1v) is 9.12. The lowest BCUT2D eigenvalue weighted by Crippen LogP contribution is -2.28. The van der Waals surface area contributed by atoms with Crippen molar-refractivity contribution in [2.24, 2.45) is 10.7 Å². The molecule has 144 valence electrons. The zero-order valence-electron chi connectivity index (χ0n) is 16.2. The minimum absolute atomic E-state index is 0.153. The van der Waals surface area contributed by atoms with Crippen LogP contribution in [0.25, 0.3) is 0 Å². The van der Waals surface area contributed by atoms with E-state index in [9.17, 15) is 4.79 Å². The topological polar surface area (TPSA) is 88.7 Å². The quantitative estimate of drug-likeness (QED) is 0.379. The van der Waals surface area contributed by atoms with Crippen LogP contribution in [-0.4, -0.2) is 32.1 Å². The number of rotatable bonds is 8. The van der Waals surface area contributed by atoms with Gasteiger partial charge in [0.2, 0.25) is 0 Å². The van der Waals surface area contributed by atoms with Gasteiger partial charge in [-0.3, -0.25) is 9.79 Å². The minimum atomic E-state index is -0.153. The first kappa shape index (κ1) is 20.3. The van der Waals surface area contributed by atoms with Gasteiger partial charge in [0.1, 0.15) is 5.75 Å². The van der Waals surface area contributed by atoms with E-state index in [2.05, 4.69) is 41.6 Å². The SMILES string of the molecule is CCC(C)c1ccc(NC(N)=NCCNC(=O)c2ccc(OC)cc2)cc1. The number of guanidine groups is 1. The number of hydrogen-bond donors (Lipinski definition) is 3. The molecule has 0 radical (unpaired) electrons. The van der Waals surface area contributed by atoms with Crippen LogP contribution in [0.3, 0.4) is 0 Å². The van der Waals surface area contributed by atoms with Gasteiger partial charge < -0.3 is 21.1 Å². The third-order valence-corrected chi connectivity index (χ3v) is 4.40. The van der Waals surface area contributed by atoms with Crippen LogP contribution in [0.4, 0.5) is 5.69 Å². The monoisotopic (exact) mass is 368 g/mol. The van der Waals surface area contributed by atoms with Gasteiger partial charge in [-0.25, -0.2) is 0 Å². The van der Waals surface area contributed by atoms with Crippen LogP contribution in [0.5, 0.6) is 5.75 Å². The summed E-state index contributed by atoms with van der Waals surface area (Å²) in [7, 11) is 1.59. The Labute approximate surface area is 160 Å². The fourth-order valence-corrected chi connectivity index (χ4v) is 2.51. The van der Waals surface area contributed by atoms with Crippen molar-refractivity contribution in [2.45, 2.75) is 26.2 Å². The molecule has 1 amide bonds. The van der Waals surface area contributed by atoms with Crippen molar-refractivity contribution in [1.29, 1.82) is 0 Å². The van der Waals surface area contributed by atoms with Crippen molar-refractivity contribution >= 4 is 17.6 Å². The maximum atomic E-state index is 12.0. The molecule has 0 aliphatic heterocycles. The predicted molar refractivity (Wildman–Crippen MR) is 111 cm³/mol. The number of amides is 1. The molecule has 4 N–H and O–H groups in total. The second kappa shape index (κ2) is 10.2. The van der Waals surface area contributed by atoms with Gasteiger partial charge >= 0.3 is 0 Å². The molecule has 0 aliphatic rings. The number of aliphatic imine (C=N–C) groups is 1. The predicted octanol–water partition coefficient (Wildman–Crippen LogP) is 3.37. The van der Waals surface area contributed by atoms with Gasteiger partial charge in [0.05, 0.1) is 13.7 Å². The number of anilines is 1. The Kier molecular flexibility index (Phi) is 7.67. The van der Waals surface area contributed by atoms with Gasteiger partial charge in [-0.2, -0.15) is 0 Å². The number of hydrogen-bond acceptors (Lipinski definition) is 3. The van der Waals surface area contributed by atoms with E-state index >= 15 is 0 Å². The highest BCUT2D eigenvalue weighted by atomic mass is 16.5. The molecule has 1 unspecified atom stereocenters. The van der Waals surface area contributed by atoms with E-state index in [4.69, 9.17) is 10.5 Å². The molecule has 0 saturated carbocycles. The van der Waals surface area contributed by atoms with Crippen molar-refractivity contribution in [3.05, 3.63) is 59.7 Å². The Balaban J connectivity index is 1.77. The molecule has 1 atom stereocenters. The molecule has 0 bridgehead atoms. The highest BCUT2D eigenvalue weighted by Crippen LogP contribution is 2.20. The first-order chi connectivity index (χ1) is 13.0. The average molecular weight is 368 g/mol. The normalized spacial score (nSPS) is 12.3. The van der Waals surface area contributed by atoms with Gasteiger partial charge in [0.15, 0.2) is 5.96 Å². The Hall–Kier alpha value is -3.02. The van der Waals surface area contributed by atoms with Crippen molar-refractivity contribution in [2.75, 3.05) is 25.5 Å². The van der Waals surface area contributed by atoms with Crippen LogP contribution in [0.2, 0.25) is 0 Å². The lowest BCUT2D eigenvalue weighted by atomic mass is 9.99. The van der Waals surface area contributed by atoms with Crippen LogP contribution < -0.4 is 21.1 Å². The second-order valence-corrected chi connectivity index (χ2v) is 6.31. The van der Waals surface area contributed by atoms with Crippen molar-refractivity contribution in [3.63, 3.8) is 0 Å². The molecule has 6 heteroatoms. The fourth-order valence-electron chi connectivity index (χ4n) is 2.51. The summed E-state index contributed by atoms with van der Waals surface area (Å²) >= 11 is 0. The molecule has 2 rings (SSSR count). The number of nitrogens with one attached hydrogen (secondary N) is 2. The van der Waals surface area contributed by atoms with Gasteiger partial charge in [-0.05, 0) is 54.3 Å². The lowest BCUT2D eigenvalue weighted by molar-refractivity contribution is 0.0955.